The Labute approximate surface area is 112 Å². The molecule has 0 spiro atoms. The number of benzene rings is 1. The van der Waals surface area contributed by atoms with Gasteiger partial charge in [0, 0.05) is 11.8 Å². The molecule has 0 radical (unpaired) electrons. The quantitative estimate of drug-likeness (QED) is 0.777. The van der Waals surface area contributed by atoms with Crippen LogP contribution in [0.5, 0.6) is 11.6 Å². The van der Waals surface area contributed by atoms with Crippen LogP contribution in [0, 0.1) is 0 Å². The normalized spacial score (nSPS) is 10.7. The molecule has 3 nitrogen and oxygen atoms in total. The minimum Gasteiger partial charge on any atom is -0.439 e. The zero-order chi connectivity index (χ0) is 13.0. The molecule has 4 heteroatoms. The largest absolute Gasteiger partial charge is 0.439 e. The SMILES string of the molecule is CC(C)c1cccc(Oc2ncncc2CCl)c1. The fourth-order valence-electron chi connectivity index (χ4n) is 1.58. The minimum absolute atomic E-state index is 0.333. The van der Waals surface area contributed by atoms with Gasteiger partial charge in [-0.1, -0.05) is 26.0 Å². The van der Waals surface area contributed by atoms with E-state index in [1.165, 1.54) is 11.9 Å². The van der Waals surface area contributed by atoms with Crippen molar-refractivity contribution in [2.75, 3.05) is 0 Å². The number of hydrogen-bond acceptors (Lipinski definition) is 3. The Bertz CT molecular complexity index is 529. The summed E-state index contributed by atoms with van der Waals surface area (Å²) in [6.45, 7) is 4.29. The van der Waals surface area contributed by atoms with Crippen LogP contribution < -0.4 is 4.74 Å². The molecule has 2 rings (SSSR count). The Kier molecular flexibility index (Phi) is 4.15. The predicted molar refractivity (Wildman–Crippen MR) is 72.2 cm³/mol. The first-order chi connectivity index (χ1) is 8.70. The average Bonchev–Trinajstić information content (AvgIpc) is 2.39. The maximum atomic E-state index is 5.82. The van der Waals surface area contributed by atoms with Crippen molar-refractivity contribution in [2.45, 2.75) is 25.6 Å². The summed E-state index contributed by atoms with van der Waals surface area (Å²) < 4.78 is 5.76. The van der Waals surface area contributed by atoms with E-state index in [2.05, 4.69) is 29.9 Å². The zero-order valence-electron chi connectivity index (χ0n) is 10.4. The lowest BCUT2D eigenvalue weighted by Gasteiger charge is -2.10. The lowest BCUT2D eigenvalue weighted by molar-refractivity contribution is 0.455. The molecule has 18 heavy (non-hydrogen) atoms. The molecule has 0 unspecified atom stereocenters. The van der Waals surface area contributed by atoms with Crippen molar-refractivity contribution >= 4 is 11.6 Å². The highest BCUT2D eigenvalue weighted by molar-refractivity contribution is 6.17. The molecule has 1 aromatic carbocycles. The summed E-state index contributed by atoms with van der Waals surface area (Å²) in [5.74, 6) is 2.08. The average molecular weight is 263 g/mol. The number of alkyl halides is 1. The molecule has 0 bridgehead atoms. The van der Waals surface area contributed by atoms with Crippen LogP contribution in [0.2, 0.25) is 0 Å². The molecule has 0 aliphatic rings. The molecule has 0 amide bonds. The number of aromatic nitrogens is 2. The van der Waals surface area contributed by atoms with Gasteiger partial charge in [-0.2, -0.15) is 0 Å². The number of rotatable bonds is 4. The van der Waals surface area contributed by atoms with Crippen molar-refractivity contribution in [3.05, 3.63) is 47.9 Å². The van der Waals surface area contributed by atoms with Crippen LogP contribution in [0.3, 0.4) is 0 Å². The van der Waals surface area contributed by atoms with Crippen molar-refractivity contribution in [1.82, 2.24) is 9.97 Å². The summed E-state index contributed by atoms with van der Waals surface area (Å²) in [4.78, 5) is 8.03. The first kappa shape index (κ1) is 12.8. The van der Waals surface area contributed by atoms with Gasteiger partial charge in [0.2, 0.25) is 5.88 Å². The topological polar surface area (TPSA) is 35.0 Å². The van der Waals surface area contributed by atoms with E-state index < -0.39 is 0 Å². The maximum absolute atomic E-state index is 5.82. The molecule has 2 aromatic rings. The Balaban J connectivity index is 2.25. The summed E-state index contributed by atoms with van der Waals surface area (Å²) in [7, 11) is 0. The van der Waals surface area contributed by atoms with Crippen LogP contribution in [-0.2, 0) is 5.88 Å². The Morgan fingerprint density at radius 3 is 2.89 bits per heavy atom. The van der Waals surface area contributed by atoms with Gasteiger partial charge in [0.15, 0.2) is 0 Å². The highest BCUT2D eigenvalue weighted by Gasteiger charge is 2.07. The van der Waals surface area contributed by atoms with Crippen molar-refractivity contribution in [3.63, 3.8) is 0 Å². The Morgan fingerprint density at radius 2 is 2.17 bits per heavy atom. The van der Waals surface area contributed by atoms with E-state index in [1.807, 2.05) is 18.2 Å². The maximum Gasteiger partial charge on any atom is 0.226 e. The van der Waals surface area contributed by atoms with E-state index in [4.69, 9.17) is 16.3 Å². The Morgan fingerprint density at radius 1 is 1.33 bits per heavy atom. The van der Waals surface area contributed by atoms with Crippen molar-refractivity contribution in [1.29, 1.82) is 0 Å². The van der Waals surface area contributed by atoms with E-state index >= 15 is 0 Å². The molecular weight excluding hydrogens is 248 g/mol. The van der Waals surface area contributed by atoms with Crippen LogP contribution in [0.1, 0.15) is 30.9 Å². The van der Waals surface area contributed by atoms with Crippen LogP contribution in [-0.4, -0.2) is 9.97 Å². The summed E-state index contributed by atoms with van der Waals surface area (Å²) in [6.07, 6.45) is 3.12. The highest BCUT2D eigenvalue weighted by atomic mass is 35.5. The third-order valence-corrected chi connectivity index (χ3v) is 2.92. The van der Waals surface area contributed by atoms with Gasteiger partial charge < -0.3 is 4.74 Å². The molecule has 1 heterocycles. The molecule has 0 aliphatic heterocycles. The van der Waals surface area contributed by atoms with Gasteiger partial charge in [-0.25, -0.2) is 9.97 Å². The lowest BCUT2D eigenvalue weighted by atomic mass is 10.0. The fraction of sp³-hybridized carbons (Fsp3) is 0.286. The molecule has 94 valence electrons. The van der Waals surface area contributed by atoms with Crippen LogP contribution in [0.25, 0.3) is 0 Å². The molecule has 0 saturated heterocycles. The number of nitrogens with zero attached hydrogens (tertiary/aromatic N) is 2. The van der Waals surface area contributed by atoms with Gasteiger partial charge in [-0.3, -0.25) is 0 Å². The monoisotopic (exact) mass is 262 g/mol. The van der Waals surface area contributed by atoms with E-state index in [9.17, 15) is 0 Å². The summed E-state index contributed by atoms with van der Waals surface area (Å²) >= 11 is 5.82. The first-order valence-corrected chi connectivity index (χ1v) is 6.37. The second-order valence-electron chi connectivity index (χ2n) is 4.32. The van der Waals surface area contributed by atoms with Crippen molar-refractivity contribution < 1.29 is 4.74 Å². The molecule has 0 fully saturated rings. The standard InChI is InChI=1S/C14H15ClN2O/c1-10(2)11-4-3-5-13(6-11)18-14-12(7-15)8-16-9-17-14/h3-6,8-10H,7H2,1-2H3. The second-order valence-corrected chi connectivity index (χ2v) is 4.58. The third-order valence-electron chi connectivity index (χ3n) is 2.63. The van der Waals surface area contributed by atoms with Crippen LogP contribution in [0.4, 0.5) is 0 Å². The van der Waals surface area contributed by atoms with Gasteiger partial charge in [0.25, 0.3) is 0 Å². The Hall–Kier alpha value is -1.61. The van der Waals surface area contributed by atoms with Crippen molar-refractivity contribution in [2.24, 2.45) is 0 Å². The fourth-order valence-corrected chi connectivity index (χ4v) is 1.76. The van der Waals surface area contributed by atoms with Crippen LogP contribution in [0.15, 0.2) is 36.8 Å². The smallest absolute Gasteiger partial charge is 0.226 e. The van der Waals surface area contributed by atoms with Gasteiger partial charge >= 0.3 is 0 Å². The molecule has 0 saturated carbocycles. The molecule has 0 N–H and O–H groups in total. The van der Waals surface area contributed by atoms with E-state index in [-0.39, 0.29) is 0 Å². The van der Waals surface area contributed by atoms with E-state index in [0.29, 0.717) is 17.7 Å². The lowest BCUT2D eigenvalue weighted by Crippen LogP contribution is -1.95. The minimum atomic E-state index is 0.333. The van der Waals surface area contributed by atoms with Crippen molar-refractivity contribution in [3.8, 4) is 11.6 Å². The molecule has 0 atom stereocenters. The third kappa shape index (κ3) is 2.99. The first-order valence-electron chi connectivity index (χ1n) is 5.83. The van der Waals surface area contributed by atoms with Gasteiger partial charge in [-0.05, 0) is 23.6 Å². The number of halogens is 1. The number of ether oxygens (including phenoxy) is 1. The van der Waals surface area contributed by atoms with Crippen LogP contribution >= 0.6 is 11.6 Å². The van der Waals surface area contributed by atoms with E-state index in [0.717, 1.165) is 11.3 Å². The number of hydrogen-bond donors (Lipinski definition) is 0. The molecular formula is C14H15ClN2O. The van der Waals surface area contributed by atoms with E-state index in [1.54, 1.807) is 6.20 Å². The zero-order valence-corrected chi connectivity index (χ0v) is 11.2. The second kappa shape index (κ2) is 5.83. The van der Waals surface area contributed by atoms with Gasteiger partial charge in [0.05, 0.1) is 5.88 Å². The highest BCUT2D eigenvalue weighted by Crippen LogP contribution is 2.26. The summed E-state index contributed by atoms with van der Waals surface area (Å²) in [5.41, 5.74) is 2.02. The molecule has 1 aromatic heterocycles. The van der Waals surface area contributed by atoms with Gasteiger partial charge in [-0.15, -0.1) is 11.6 Å². The van der Waals surface area contributed by atoms with Gasteiger partial charge in [0.1, 0.15) is 12.1 Å². The summed E-state index contributed by atoms with van der Waals surface area (Å²) in [6, 6.07) is 7.99. The predicted octanol–water partition coefficient (Wildman–Crippen LogP) is 4.13. The summed E-state index contributed by atoms with van der Waals surface area (Å²) in [5, 5.41) is 0. The molecule has 0 aliphatic carbocycles.